The molecule has 192 valence electrons. The summed E-state index contributed by atoms with van der Waals surface area (Å²) < 4.78 is -0.629. The number of para-hydroxylation sites is 1. The summed E-state index contributed by atoms with van der Waals surface area (Å²) >= 11 is 1.67. The molecule has 3 aliphatic heterocycles. The number of rotatable bonds is 11. The first-order valence-electron chi connectivity index (χ1n) is 13.1. The molecule has 0 saturated carbocycles. The van der Waals surface area contributed by atoms with E-state index in [2.05, 4.69) is 17.6 Å². The predicted octanol–water partition coefficient (Wildman–Crippen LogP) is 3.43. The van der Waals surface area contributed by atoms with Crippen molar-refractivity contribution in [2.45, 2.75) is 81.4 Å². The number of carbonyl (C=O) groups is 3. The Balaban J connectivity index is 1.66. The number of thioether (sulfide) groups is 1. The van der Waals surface area contributed by atoms with Gasteiger partial charge in [0.1, 0.15) is 6.04 Å². The van der Waals surface area contributed by atoms with Crippen LogP contribution in [-0.2, 0) is 14.4 Å². The summed E-state index contributed by atoms with van der Waals surface area (Å²) in [5.74, 6) is -1.45. The van der Waals surface area contributed by atoms with E-state index in [1.54, 1.807) is 16.7 Å². The van der Waals surface area contributed by atoms with E-state index in [1.165, 1.54) is 0 Å². The van der Waals surface area contributed by atoms with Crippen LogP contribution in [0.5, 0.6) is 0 Å². The fourth-order valence-electron chi connectivity index (χ4n) is 6.29. The number of benzene rings is 1. The lowest BCUT2D eigenvalue weighted by Gasteiger charge is -2.39. The first-order valence-corrected chi connectivity index (χ1v) is 14.0. The number of aliphatic hydroxyl groups is 1. The molecule has 2 unspecified atom stereocenters. The molecule has 3 fully saturated rings. The van der Waals surface area contributed by atoms with Crippen LogP contribution in [0.25, 0.3) is 0 Å². The van der Waals surface area contributed by atoms with Gasteiger partial charge in [0.2, 0.25) is 17.7 Å². The van der Waals surface area contributed by atoms with E-state index >= 15 is 0 Å². The molecule has 3 saturated heterocycles. The number of likely N-dealkylation sites (tertiary alicyclic amines) is 1. The monoisotopic (exact) mass is 501 g/mol. The average Bonchev–Trinajstić information content (AvgIpc) is 3.50. The molecule has 0 radical (unpaired) electrons. The molecular formula is C27H39N3O4S. The molecule has 0 aromatic heterocycles. The van der Waals surface area contributed by atoms with E-state index in [1.807, 2.05) is 44.2 Å². The van der Waals surface area contributed by atoms with E-state index in [-0.39, 0.29) is 35.5 Å². The highest BCUT2D eigenvalue weighted by Gasteiger charge is 2.74. The van der Waals surface area contributed by atoms with Gasteiger partial charge in [-0.3, -0.25) is 14.4 Å². The second kappa shape index (κ2) is 10.9. The fraction of sp³-hybridized carbons (Fsp3) is 0.667. The van der Waals surface area contributed by atoms with Gasteiger partial charge in [0, 0.05) is 17.5 Å². The minimum absolute atomic E-state index is 0.0152. The number of carbonyl (C=O) groups excluding carboxylic acids is 3. The summed E-state index contributed by atoms with van der Waals surface area (Å²) in [6.07, 6.45) is 5.31. The average molecular weight is 502 g/mol. The first kappa shape index (κ1) is 26.0. The van der Waals surface area contributed by atoms with Crippen molar-refractivity contribution in [3.63, 3.8) is 0 Å². The Kier molecular flexibility index (Phi) is 8.11. The number of nitrogens with one attached hydrogen (secondary N) is 2. The van der Waals surface area contributed by atoms with Gasteiger partial charge in [0.05, 0.1) is 29.2 Å². The third-order valence-corrected chi connectivity index (χ3v) is 10.2. The number of hydrogen-bond donors (Lipinski definition) is 3. The van der Waals surface area contributed by atoms with Crippen molar-refractivity contribution in [3.8, 4) is 0 Å². The van der Waals surface area contributed by atoms with Crippen molar-refractivity contribution in [1.82, 2.24) is 10.2 Å². The largest absolute Gasteiger partial charge is 0.394 e. The van der Waals surface area contributed by atoms with Gasteiger partial charge in [-0.2, -0.15) is 0 Å². The van der Waals surface area contributed by atoms with E-state index in [0.29, 0.717) is 12.2 Å². The quantitative estimate of drug-likeness (QED) is 0.404. The Bertz CT molecular complexity index is 928. The lowest BCUT2D eigenvalue weighted by molar-refractivity contribution is -0.143. The second-order valence-electron chi connectivity index (χ2n) is 10.3. The number of hydrogen-bond acceptors (Lipinski definition) is 5. The van der Waals surface area contributed by atoms with Gasteiger partial charge >= 0.3 is 0 Å². The second-order valence-corrected chi connectivity index (χ2v) is 11.9. The molecule has 1 aromatic rings. The molecule has 3 amide bonds. The third kappa shape index (κ3) is 4.59. The Morgan fingerprint density at radius 3 is 2.60 bits per heavy atom. The lowest BCUT2D eigenvalue weighted by Crippen LogP contribution is -2.57. The number of amides is 3. The van der Waals surface area contributed by atoms with Crippen molar-refractivity contribution in [1.29, 1.82) is 0 Å². The van der Waals surface area contributed by atoms with Gasteiger partial charge in [-0.1, -0.05) is 58.2 Å². The van der Waals surface area contributed by atoms with E-state index in [4.69, 9.17) is 0 Å². The topological polar surface area (TPSA) is 98.7 Å². The summed E-state index contributed by atoms with van der Waals surface area (Å²) in [6.45, 7) is 6.54. The Labute approximate surface area is 212 Å². The molecule has 0 aliphatic carbocycles. The summed E-state index contributed by atoms with van der Waals surface area (Å²) in [6, 6.07) is 8.19. The van der Waals surface area contributed by atoms with Gasteiger partial charge in [-0.25, -0.2) is 0 Å². The molecule has 35 heavy (non-hydrogen) atoms. The van der Waals surface area contributed by atoms with Crippen molar-refractivity contribution < 1.29 is 19.5 Å². The highest BCUT2D eigenvalue weighted by Crippen LogP contribution is 2.66. The minimum atomic E-state index is -0.669. The molecule has 1 aromatic carbocycles. The molecular weight excluding hydrogens is 462 g/mol. The molecule has 3 aliphatic rings. The number of anilines is 1. The predicted molar refractivity (Wildman–Crippen MR) is 139 cm³/mol. The first-order chi connectivity index (χ1) is 16.9. The highest BCUT2D eigenvalue weighted by atomic mass is 32.2. The zero-order chi connectivity index (χ0) is 25.2. The molecule has 8 heteroatoms. The summed E-state index contributed by atoms with van der Waals surface area (Å²) in [7, 11) is 0. The van der Waals surface area contributed by atoms with Gasteiger partial charge < -0.3 is 20.6 Å². The van der Waals surface area contributed by atoms with Crippen LogP contribution >= 0.6 is 11.8 Å². The molecule has 4 rings (SSSR count). The summed E-state index contributed by atoms with van der Waals surface area (Å²) in [5, 5.41) is 16.5. The molecule has 1 spiro atoms. The van der Waals surface area contributed by atoms with Gasteiger partial charge in [0.15, 0.2) is 0 Å². The maximum atomic E-state index is 14.1. The molecule has 3 heterocycles. The molecule has 2 bridgehead atoms. The SMILES string of the molecule is CCCCCNC(=O)C1N([C@@H](CO)[C@@H](C)CC)C(=O)[C@@H]2[C@@H](C(=O)Nc3ccccc3)[C@H]3CCC12S3. The van der Waals surface area contributed by atoms with Crippen molar-refractivity contribution >= 4 is 35.2 Å². The minimum Gasteiger partial charge on any atom is -0.394 e. The van der Waals surface area contributed by atoms with E-state index < -0.39 is 28.7 Å². The van der Waals surface area contributed by atoms with Crippen LogP contribution in [0.15, 0.2) is 30.3 Å². The van der Waals surface area contributed by atoms with Crippen LogP contribution in [-0.4, -0.2) is 63.0 Å². The van der Waals surface area contributed by atoms with Crippen molar-refractivity contribution in [2.75, 3.05) is 18.5 Å². The maximum Gasteiger partial charge on any atom is 0.244 e. The zero-order valence-corrected chi connectivity index (χ0v) is 21.9. The van der Waals surface area contributed by atoms with Crippen LogP contribution < -0.4 is 10.6 Å². The Morgan fingerprint density at radius 1 is 1.20 bits per heavy atom. The van der Waals surface area contributed by atoms with Gasteiger partial charge in [0.25, 0.3) is 0 Å². The smallest absolute Gasteiger partial charge is 0.244 e. The van der Waals surface area contributed by atoms with Crippen molar-refractivity contribution in [2.24, 2.45) is 17.8 Å². The lowest BCUT2D eigenvalue weighted by atomic mass is 9.70. The zero-order valence-electron chi connectivity index (χ0n) is 21.0. The Morgan fingerprint density at radius 2 is 1.94 bits per heavy atom. The Hall–Kier alpha value is -2.06. The van der Waals surface area contributed by atoms with Crippen LogP contribution in [0.4, 0.5) is 5.69 Å². The fourth-order valence-corrected chi connectivity index (χ4v) is 8.50. The number of nitrogens with zero attached hydrogens (tertiary/aromatic N) is 1. The van der Waals surface area contributed by atoms with E-state index in [9.17, 15) is 19.5 Å². The molecule has 7 nitrogen and oxygen atoms in total. The summed E-state index contributed by atoms with van der Waals surface area (Å²) in [4.78, 5) is 43.0. The van der Waals surface area contributed by atoms with Crippen LogP contribution in [0.1, 0.15) is 59.3 Å². The van der Waals surface area contributed by atoms with E-state index in [0.717, 1.165) is 38.5 Å². The highest BCUT2D eigenvalue weighted by molar-refractivity contribution is 8.02. The number of unbranched alkanes of at least 4 members (excludes halogenated alkanes) is 2. The molecule has 3 N–H and O–H groups in total. The van der Waals surface area contributed by atoms with Crippen molar-refractivity contribution in [3.05, 3.63) is 30.3 Å². The standard InChI is InChI=1S/C27H39N3O4S/c1-4-6-10-15-28-25(33)23-27-14-13-20(35-27)21(24(32)29-18-11-8-7-9-12-18)22(27)26(34)30(23)19(16-31)17(3)5-2/h7-9,11-12,17,19-23,31H,4-6,10,13-16H2,1-3H3,(H,28,33)(H,29,32)/t17-,19-,20+,21-,22-,23?,27?/m0/s1. The van der Waals surface area contributed by atoms with Crippen LogP contribution in [0, 0.1) is 17.8 Å². The molecule has 7 atom stereocenters. The van der Waals surface area contributed by atoms with Gasteiger partial charge in [-0.15, -0.1) is 11.8 Å². The third-order valence-electron chi connectivity index (χ3n) is 8.26. The van der Waals surface area contributed by atoms with Crippen LogP contribution in [0.3, 0.4) is 0 Å². The number of aliphatic hydroxyl groups excluding tert-OH is 1. The van der Waals surface area contributed by atoms with Crippen LogP contribution in [0.2, 0.25) is 0 Å². The van der Waals surface area contributed by atoms with Gasteiger partial charge in [-0.05, 0) is 37.3 Å². The maximum absolute atomic E-state index is 14.1. The summed E-state index contributed by atoms with van der Waals surface area (Å²) in [5.41, 5.74) is 0.708. The number of fused-ring (bicyclic) bond motifs is 1. The normalized spacial score (nSPS) is 30.7.